The molecule has 206 valence electrons. The minimum absolute atomic E-state index is 0.130. The van der Waals surface area contributed by atoms with E-state index in [0.717, 1.165) is 38.2 Å². The number of carbonyl (C=O) groups is 2. The first-order valence-electron chi connectivity index (χ1n) is 13.5. The molecule has 1 aromatic carbocycles. The number of aliphatic hydroxyl groups is 2. The molecule has 0 saturated carbocycles. The number of hydrogen-bond donors (Lipinski definition) is 2. The van der Waals surface area contributed by atoms with Crippen molar-refractivity contribution in [3.63, 3.8) is 0 Å². The number of ether oxygens (including phenoxy) is 2. The third-order valence-electron chi connectivity index (χ3n) is 7.84. The van der Waals surface area contributed by atoms with Crippen LogP contribution >= 0.6 is 0 Å². The van der Waals surface area contributed by atoms with Crippen LogP contribution in [0, 0.1) is 5.41 Å². The van der Waals surface area contributed by atoms with Crippen LogP contribution in [-0.4, -0.2) is 89.0 Å². The van der Waals surface area contributed by atoms with E-state index in [0.29, 0.717) is 43.7 Å². The zero-order chi connectivity index (χ0) is 27.0. The largest absolute Gasteiger partial charge is 0.497 e. The number of likely N-dealkylation sites (tertiary alicyclic amines) is 1. The van der Waals surface area contributed by atoms with Crippen molar-refractivity contribution >= 4 is 11.9 Å². The Morgan fingerprint density at radius 3 is 2.47 bits per heavy atom. The number of nitrogens with zero attached hydrogens (tertiary/aromatic N) is 3. The molecule has 1 spiro atoms. The maximum absolute atomic E-state index is 13.3. The minimum atomic E-state index is -1.21. The molecule has 9 nitrogen and oxygen atoms in total. The number of aromatic nitrogens is 1. The van der Waals surface area contributed by atoms with Gasteiger partial charge in [0.2, 0.25) is 0 Å². The lowest BCUT2D eigenvalue weighted by Crippen LogP contribution is -2.46. The van der Waals surface area contributed by atoms with Crippen LogP contribution in [-0.2, 0) is 16.1 Å². The molecular weight excluding hydrogens is 486 g/mol. The summed E-state index contributed by atoms with van der Waals surface area (Å²) in [5.74, 6) is 0.242. The summed E-state index contributed by atoms with van der Waals surface area (Å²) >= 11 is 0. The topological polar surface area (TPSA) is 112 Å². The maximum Gasteiger partial charge on any atom is 0.312 e. The van der Waals surface area contributed by atoms with Crippen molar-refractivity contribution in [2.75, 3.05) is 39.9 Å². The molecule has 2 saturated heterocycles. The van der Waals surface area contributed by atoms with E-state index in [1.54, 1.807) is 42.5 Å². The number of amides is 1. The Kier molecular flexibility index (Phi) is 9.71. The summed E-state index contributed by atoms with van der Waals surface area (Å²) in [6, 6.07) is 12.8. The Bertz CT molecular complexity index is 1040. The van der Waals surface area contributed by atoms with Gasteiger partial charge in [0.1, 0.15) is 18.5 Å². The van der Waals surface area contributed by atoms with Gasteiger partial charge >= 0.3 is 5.97 Å². The highest BCUT2D eigenvalue weighted by Crippen LogP contribution is 2.38. The SMILES string of the molecule is COc1ccc(C(=O)N2CCCCC3(CCN(Cc4ccccn4)CC3)C(=O)OC[C@@H](O)[C@@H](O)CC2)cc1. The normalized spacial score (nSPS) is 23.6. The van der Waals surface area contributed by atoms with Crippen molar-refractivity contribution in [1.29, 1.82) is 0 Å². The minimum Gasteiger partial charge on any atom is -0.497 e. The van der Waals surface area contributed by atoms with Crippen LogP contribution in [0.5, 0.6) is 5.75 Å². The third kappa shape index (κ3) is 7.09. The lowest BCUT2D eigenvalue weighted by atomic mass is 9.74. The van der Waals surface area contributed by atoms with E-state index in [9.17, 15) is 19.8 Å². The predicted molar refractivity (Wildman–Crippen MR) is 142 cm³/mol. The zero-order valence-corrected chi connectivity index (χ0v) is 22.1. The molecule has 0 aliphatic carbocycles. The number of aliphatic hydroxyl groups excluding tert-OH is 2. The molecular formula is C29H39N3O6. The number of hydrogen-bond acceptors (Lipinski definition) is 8. The second kappa shape index (κ2) is 13.2. The monoisotopic (exact) mass is 525 g/mol. The number of carbonyl (C=O) groups excluding carboxylic acids is 2. The molecule has 2 aromatic rings. The van der Waals surface area contributed by atoms with Crippen molar-refractivity contribution in [3.05, 3.63) is 59.9 Å². The molecule has 3 heterocycles. The van der Waals surface area contributed by atoms with Gasteiger partial charge in [0.25, 0.3) is 5.91 Å². The summed E-state index contributed by atoms with van der Waals surface area (Å²) in [6.07, 6.45) is 3.14. The van der Waals surface area contributed by atoms with Gasteiger partial charge < -0.3 is 24.6 Å². The lowest BCUT2D eigenvalue weighted by Gasteiger charge is -2.40. The summed E-state index contributed by atoms with van der Waals surface area (Å²) in [4.78, 5) is 35.0. The van der Waals surface area contributed by atoms with E-state index >= 15 is 0 Å². The van der Waals surface area contributed by atoms with Gasteiger partial charge in [-0.15, -0.1) is 0 Å². The highest BCUT2D eigenvalue weighted by molar-refractivity contribution is 5.94. The fourth-order valence-electron chi connectivity index (χ4n) is 5.32. The van der Waals surface area contributed by atoms with Crippen molar-refractivity contribution in [3.8, 4) is 5.75 Å². The fourth-order valence-corrected chi connectivity index (χ4v) is 5.32. The quantitative estimate of drug-likeness (QED) is 0.586. The van der Waals surface area contributed by atoms with E-state index in [4.69, 9.17) is 9.47 Å². The Labute approximate surface area is 224 Å². The van der Waals surface area contributed by atoms with Crippen LogP contribution in [0.3, 0.4) is 0 Å². The van der Waals surface area contributed by atoms with E-state index in [1.807, 2.05) is 18.2 Å². The van der Waals surface area contributed by atoms with Gasteiger partial charge in [-0.05, 0) is 81.6 Å². The van der Waals surface area contributed by atoms with Gasteiger partial charge in [-0.2, -0.15) is 0 Å². The van der Waals surface area contributed by atoms with Crippen molar-refractivity contribution in [2.45, 2.75) is 57.3 Å². The Balaban J connectivity index is 1.43. The van der Waals surface area contributed by atoms with E-state index < -0.39 is 17.6 Å². The van der Waals surface area contributed by atoms with Gasteiger partial charge in [0, 0.05) is 31.4 Å². The highest BCUT2D eigenvalue weighted by Gasteiger charge is 2.42. The van der Waals surface area contributed by atoms with Crippen LogP contribution in [0.15, 0.2) is 48.7 Å². The van der Waals surface area contributed by atoms with Gasteiger partial charge in [-0.3, -0.25) is 19.5 Å². The molecule has 2 atom stereocenters. The van der Waals surface area contributed by atoms with Crippen LogP contribution in [0.25, 0.3) is 0 Å². The molecule has 2 N–H and O–H groups in total. The van der Waals surface area contributed by atoms with Gasteiger partial charge in [-0.1, -0.05) is 12.5 Å². The second-order valence-corrected chi connectivity index (χ2v) is 10.4. The maximum atomic E-state index is 13.3. The summed E-state index contributed by atoms with van der Waals surface area (Å²) in [6.45, 7) is 2.78. The first-order valence-corrected chi connectivity index (χ1v) is 13.5. The number of piperidine rings is 1. The zero-order valence-electron chi connectivity index (χ0n) is 22.1. The van der Waals surface area contributed by atoms with E-state index in [-0.39, 0.29) is 24.9 Å². The molecule has 9 heteroatoms. The van der Waals surface area contributed by atoms with E-state index in [1.165, 1.54) is 0 Å². The summed E-state index contributed by atoms with van der Waals surface area (Å²) in [5, 5.41) is 21.0. The molecule has 0 radical (unpaired) electrons. The number of esters is 1. The lowest BCUT2D eigenvalue weighted by molar-refractivity contribution is -0.165. The molecule has 0 bridgehead atoms. The molecule has 2 fully saturated rings. The third-order valence-corrected chi connectivity index (χ3v) is 7.84. The molecule has 4 rings (SSSR count). The highest BCUT2D eigenvalue weighted by atomic mass is 16.5. The standard InChI is InChI=1S/C29H39N3O6/c1-37-24-9-7-22(8-10-24)27(35)32-16-5-3-12-29(28(36)38-21-26(34)25(33)11-17-32)13-18-31(19-14-29)20-23-6-2-4-15-30-23/h2,4,6-10,15,25-26,33-34H,3,5,11-14,16-21H2,1H3/t25-,26+/m0/s1. The predicted octanol–water partition coefficient (Wildman–Crippen LogP) is 2.65. The number of benzene rings is 1. The smallest absolute Gasteiger partial charge is 0.312 e. The van der Waals surface area contributed by atoms with Crippen LogP contribution < -0.4 is 4.74 Å². The van der Waals surface area contributed by atoms with Gasteiger partial charge in [0.15, 0.2) is 0 Å². The number of pyridine rings is 1. The van der Waals surface area contributed by atoms with Crippen molar-refractivity contribution in [1.82, 2.24) is 14.8 Å². The van der Waals surface area contributed by atoms with Crippen molar-refractivity contribution in [2.24, 2.45) is 5.41 Å². The average molecular weight is 526 g/mol. The van der Waals surface area contributed by atoms with Crippen LogP contribution in [0.1, 0.15) is 54.6 Å². The Morgan fingerprint density at radius 1 is 1.03 bits per heavy atom. The molecule has 0 unspecified atom stereocenters. The second-order valence-electron chi connectivity index (χ2n) is 10.4. The Hall–Kier alpha value is -3.01. The van der Waals surface area contributed by atoms with Gasteiger partial charge in [-0.25, -0.2) is 0 Å². The van der Waals surface area contributed by atoms with E-state index in [2.05, 4.69) is 9.88 Å². The molecule has 1 amide bonds. The first-order chi connectivity index (χ1) is 18.4. The van der Waals surface area contributed by atoms with Crippen LogP contribution in [0.4, 0.5) is 0 Å². The number of methoxy groups -OCH3 is 1. The molecule has 2 aliphatic rings. The molecule has 38 heavy (non-hydrogen) atoms. The van der Waals surface area contributed by atoms with Gasteiger partial charge in [0.05, 0.1) is 24.3 Å². The van der Waals surface area contributed by atoms with Crippen LogP contribution in [0.2, 0.25) is 0 Å². The molecule has 2 aliphatic heterocycles. The van der Waals surface area contributed by atoms with Crippen molar-refractivity contribution < 1.29 is 29.3 Å². The molecule has 1 aromatic heterocycles. The summed E-state index contributed by atoms with van der Waals surface area (Å²) < 4.78 is 10.8. The number of rotatable bonds is 4. The fraction of sp³-hybridized carbons (Fsp3) is 0.552. The summed E-state index contributed by atoms with van der Waals surface area (Å²) in [7, 11) is 1.58. The summed E-state index contributed by atoms with van der Waals surface area (Å²) in [5.41, 5.74) is 0.907. The average Bonchev–Trinajstić information content (AvgIpc) is 2.96. The first kappa shape index (κ1) is 28.0. The Morgan fingerprint density at radius 2 is 1.79 bits per heavy atom. The number of cyclic esters (lactones) is 1.